The fraction of sp³-hybridized carbons (Fsp3) is 0.625. The molecule has 98 valence electrons. The quantitative estimate of drug-likeness (QED) is 0.854. The second kappa shape index (κ2) is 5.21. The first-order chi connectivity index (χ1) is 8.86. The number of hydrogen-bond acceptors (Lipinski definition) is 2. The number of rotatable bonds is 2. The lowest BCUT2D eigenvalue weighted by atomic mass is 9.76. The van der Waals surface area contributed by atoms with Gasteiger partial charge in [-0.2, -0.15) is 0 Å². The van der Waals surface area contributed by atoms with Crippen LogP contribution in [0.25, 0.3) is 0 Å². The van der Waals surface area contributed by atoms with Gasteiger partial charge in [0.05, 0.1) is 7.11 Å². The van der Waals surface area contributed by atoms with Crippen LogP contribution < -0.4 is 10.1 Å². The van der Waals surface area contributed by atoms with Crippen molar-refractivity contribution in [2.24, 2.45) is 11.8 Å². The van der Waals surface area contributed by atoms with Crippen molar-refractivity contribution in [1.82, 2.24) is 0 Å². The zero-order chi connectivity index (χ0) is 12.4. The molecule has 1 unspecified atom stereocenters. The van der Waals surface area contributed by atoms with Gasteiger partial charge in [0, 0.05) is 12.2 Å². The van der Waals surface area contributed by atoms with E-state index in [9.17, 15) is 0 Å². The Morgan fingerprint density at radius 1 is 1.11 bits per heavy atom. The van der Waals surface area contributed by atoms with Gasteiger partial charge in [-0.25, -0.2) is 0 Å². The Kier molecular flexibility index (Phi) is 3.44. The molecule has 3 rings (SSSR count). The van der Waals surface area contributed by atoms with Crippen LogP contribution in [-0.4, -0.2) is 13.7 Å². The zero-order valence-electron chi connectivity index (χ0n) is 11.2. The van der Waals surface area contributed by atoms with Crippen LogP contribution >= 0.6 is 0 Å². The van der Waals surface area contributed by atoms with Crippen LogP contribution in [0.2, 0.25) is 0 Å². The molecule has 2 heteroatoms. The Morgan fingerprint density at radius 3 is 2.72 bits per heavy atom. The van der Waals surface area contributed by atoms with Crippen molar-refractivity contribution in [3.05, 3.63) is 23.8 Å². The van der Waals surface area contributed by atoms with Crippen LogP contribution in [0.15, 0.2) is 18.2 Å². The second-order valence-electron chi connectivity index (χ2n) is 5.77. The standard InChI is InChI=1S/C16H23NO/c1-18-15-7-8-16-13(10-15)9-14(11-17-16)12-5-3-2-4-6-12/h7-8,10,12,14,17H,2-6,9,11H2,1H3. The highest BCUT2D eigenvalue weighted by Gasteiger charge is 2.27. The highest BCUT2D eigenvalue weighted by Crippen LogP contribution is 2.36. The van der Waals surface area contributed by atoms with Gasteiger partial charge >= 0.3 is 0 Å². The van der Waals surface area contributed by atoms with Crippen molar-refractivity contribution in [3.8, 4) is 5.75 Å². The van der Waals surface area contributed by atoms with Crippen molar-refractivity contribution in [3.63, 3.8) is 0 Å². The lowest BCUT2D eigenvalue weighted by Crippen LogP contribution is -2.30. The number of anilines is 1. The summed E-state index contributed by atoms with van der Waals surface area (Å²) in [5.41, 5.74) is 2.75. The molecule has 0 amide bonds. The largest absolute Gasteiger partial charge is 0.497 e. The van der Waals surface area contributed by atoms with Gasteiger partial charge in [-0.1, -0.05) is 32.1 Å². The fourth-order valence-electron chi connectivity index (χ4n) is 3.57. The van der Waals surface area contributed by atoms with Crippen molar-refractivity contribution >= 4 is 5.69 Å². The van der Waals surface area contributed by atoms with E-state index in [1.54, 1.807) is 7.11 Å². The summed E-state index contributed by atoms with van der Waals surface area (Å²) in [6.07, 6.45) is 8.42. The average Bonchev–Trinajstić information content (AvgIpc) is 2.47. The molecular formula is C16H23NO. The first-order valence-electron chi connectivity index (χ1n) is 7.27. The predicted molar refractivity (Wildman–Crippen MR) is 75.3 cm³/mol. The van der Waals surface area contributed by atoms with Gasteiger partial charge in [0.2, 0.25) is 0 Å². The summed E-state index contributed by atoms with van der Waals surface area (Å²) in [6, 6.07) is 6.41. The molecule has 18 heavy (non-hydrogen) atoms. The SMILES string of the molecule is COc1ccc2c(c1)CC(C1CCCCC1)CN2. The van der Waals surface area contributed by atoms with Crippen LogP contribution in [0.5, 0.6) is 5.75 Å². The smallest absolute Gasteiger partial charge is 0.119 e. The molecule has 1 heterocycles. The van der Waals surface area contributed by atoms with E-state index in [2.05, 4.69) is 17.4 Å². The monoisotopic (exact) mass is 245 g/mol. The third-order valence-electron chi connectivity index (χ3n) is 4.67. The van der Waals surface area contributed by atoms with Gasteiger partial charge in [-0.15, -0.1) is 0 Å². The summed E-state index contributed by atoms with van der Waals surface area (Å²) < 4.78 is 5.33. The molecule has 1 fully saturated rings. The molecule has 0 aromatic heterocycles. The number of methoxy groups -OCH3 is 1. The van der Waals surface area contributed by atoms with E-state index in [0.29, 0.717) is 0 Å². The molecule has 1 aromatic carbocycles. The predicted octanol–water partition coefficient (Wildman–Crippen LogP) is 3.86. The minimum atomic E-state index is 0.824. The van der Waals surface area contributed by atoms with Crippen LogP contribution in [0.1, 0.15) is 37.7 Å². The van der Waals surface area contributed by atoms with Crippen molar-refractivity contribution < 1.29 is 4.74 Å². The highest BCUT2D eigenvalue weighted by molar-refractivity contribution is 5.56. The third-order valence-corrected chi connectivity index (χ3v) is 4.67. The topological polar surface area (TPSA) is 21.3 Å². The summed E-state index contributed by atoms with van der Waals surface area (Å²) in [7, 11) is 1.75. The van der Waals surface area contributed by atoms with Gasteiger partial charge in [0.1, 0.15) is 5.75 Å². The normalized spacial score (nSPS) is 24.2. The van der Waals surface area contributed by atoms with E-state index < -0.39 is 0 Å². The first-order valence-corrected chi connectivity index (χ1v) is 7.27. The van der Waals surface area contributed by atoms with Crippen LogP contribution in [0.3, 0.4) is 0 Å². The average molecular weight is 245 g/mol. The van der Waals surface area contributed by atoms with Gasteiger partial charge in [-0.05, 0) is 42.0 Å². The van der Waals surface area contributed by atoms with E-state index in [0.717, 1.165) is 24.1 Å². The maximum Gasteiger partial charge on any atom is 0.119 e. The summed E-state index contributed by atoms with van der Waals surface area (Å²) in [5, 5.41) is 3.61. The van der Waals surface area contributed by atoms with Crippen molar-refractivity contribution in [2.45, 2.75) is 38.5 Å². The van der Waals surface area contributed by atoms with E-state index in [1.807, 2.05) is 6.07 Å². The molecule has 0 radical (unpaired) electrons. The van der Waals surface area contributed by atoms with Crippen molar-refractivity contribution in [2.75, 3.05) is 19.0 Å². The molecular weight excluding hydrogens is 222 g/mol. The number of nitrogens with one attached hydrogen (secondary N) is 1. The highest BCUT2D eigenvalue weighted by atomic mass is 16.5. The molecule has 1 N–H and O–H groups in total. The molecule has 1 atom stereocenters. The fourth-order valence-corrected chi connectivity index (χ4v) is 3.57. The van der Waals surface area contributed by atoms with Crippen molar-refractivity contribution in [1.29, 1.82) is 0 Å². The number of ether oxygens (including phenoxy) is 1. The Balaban J connectivity index is 1.74. The van der Waals surface area contributed by atoms with E-state index in [4.69, 9.17) is 4.74 Å². The molecule has 2 aliphatic rings. The van der Waals surface area contributed by atoms with Crippen LogP contribution in [-0.2, 0) is 6.42 Å². The Hall–Kier alpha value is -1.18. The zero-order valence-corrected chi connectivity index (χ0v) is 11.2. The molecule has 2 nitrogen and oxygen atoms in total. The number of benzene rings is 1. The molecule has 1 aromatic rings. The summed E-state index contributed by atoms with van der Waals surface area (Å²) in [6.45, 7) is 1.16. The molecule has 0 spiro atoms. The Labute approximate surface area is 110 Å². The molecule has 0 saturated heterocycles. The second-order valence-corrected chi connectivity index (χ2v) is 5.77. The summed E-state index contributed by atoms with van der Waals surface area (Å²) in [5.74, 6) is 2.75. The molecule has 1 aliphatic heterocycles. The van der Waals surface area contributed by atoms with Gasteiger partial charge in [0.25, 0.3) is 0 Å². The molecule has 0 bridgehead atoms. The first kappa shape index (κ1) is 11.9. The summed E-state index contributed by atoms with van der Waals surface area (Å²) in [4.78, 5) is 0. The van der Waals surface area contributed by atoms with Gasteiger partial charge in [0.15, 0.2) is 0 Å². The van der Waals surface area contributed by atoms with E-state index >= 15 is 0 Å². The maximum absolute atomic E-state index is 5.33. The van der Waals surface area contributed by atoms with E-state index in [-0.39, 0.29) is 0 Å². The van der Waals surface area contributed by atoms with E-state index in [1.165, 1.54) is 49.8 Å². The number of hydrogen-bond donors (Lipinski definition) is 1. The van der Waals surface area contributed by atoms with Crippen LogP contribution in [0, 0.1) is 11.8 Å². The summed E-state index contributed by atoms with van der Waals surface area (Å²) >= 11 is 0. The number of fused-ring (bicyclic) bond motifs is 1. The third kappa shape index (κ3) is 2.33. The minimum Gasteiger partial charge on any atom is -0.497 e. The van der Waals surface area contributed by atoms with Crippen LogP contribution in [0.4, 0.5) is 5.69 Å². The lowest BCUT2D eigenvalue weighted by Gasteiger charge is -2.34. The Morgan fingerprint density at radius 2 is 1.94 bits per heavy atom. The molecule has 1 aliphatic carbocycles. The van der Waals surface area contributed by atoms with Gasteiger partial charge < -0.3 is 10.1 Å². The minimum absolute atomic E-state index is 0.824. The van der Waals surface area contributed by atoms with Gasteiger partial charge in [-0.3, -0.25) is 0 Å². The lowest BCUT2D eigenvalue weighted by molar-refractivity contribution is 0.252. The maximum atomic E-state index is 5.33. The Bertz CT molecular complexity index is 410. The molecule has 1 saturated carbocycles.